The van der Waals surface area contributed by atoms with Crippen molar-refractivity contribution in [1.82, 2.24) is 4.37 Å². The molecule has 0 saturated carbocycles. The highest BCUT2D eigenvalue weighted by Gasteiger charge is 2.05. The Balaban J connectivity index is 2.96. The second-order valence-corrected chi connectivity index (χ2v) is 3.19. The lowest BCUT2D eigenvalue weighted by Gasteiger charge is -1.89. The Bertz CT molecular complexity index is 394. The fraction of sp³-hybridized carbons (Fsp3) is 0.125. The molecular formula is C8H6FNS. The van der Waals surface area contributed by atoms with Crippen LogP contribution in [-0.4, -0.2) is 4.37 Å². The number of rotatable bonds is 0. The van der Waals surface area contributed by atoms with Crippen LogP contribution in [-0.2, 0) is 0 Å². The second kappa shape index (κ2) is 2.27. The molecule has 56 valence electrons. The zero-order valence-corrected chi connectivity index (χ0v) is 6.78. The first-order valence-corrected chi connectivity index (χ1v) is 4.07. The lowest BCUT2D eigenvalue weighted by atomic mass is 10.2. The average Bonchev–Trinajstić information content (AvgIpc) is 2.34. The van der Waals surface area contributed by atoms with Crippen molar-refractivity contribution in [2.75, 3.05) is 0 Å². The summed E-state index contributed by atoms with van der Waals surface area (Å²) in [6.07, 6.45) is 0. The number of hydrogen-bond acceptors (Lipinski definition) is 2. The Morgan fingerprint density at radius 2 is 2.27 bits per heavy atom. The molecule has 0 amide bonds. The van der Waals surface area contributed by atoms with Gasteiger partial charge < -0.3 is 0 Å². The summed E-state index contributed by atoms with van der Waals surface area (Å²) in [5.74, 6) is -0.172. The Hall–Kier alpha value is -0.960. The van der Waals surface area contributed by atoms with Gasteiger partial charge in [0.25, 0.3) is 0 Å². The summed E-state index contributed by atoms with van der Waals surface area (Å²) < 4.78 is 18.0. The largest absolute Gasteiger partial charge is 0.206 e. The zero-order valence-electron chi connectivity index (χ0n) is 5.97. The van der Waals surface area contributed by atoms with Gasteiger partial charge in [-0.25, -0.2) is 4.39 Å². The fourth-order valence-corrected chi connectivity index (χ4v) is 1.90. The van der Waals surface area contributed by atoms with Crippen molar-refractivity contribution in [3.63, 3.8) is 0 Å². The third-order valence-electron chi connectivity index (χ3n) is 1.62. The summed E-state index contributed by atoms with van der Waals surface area (Å²) in [5, 5.41) is 0.664. The zero-order chi connectivity index (χ0) is 7.84. The van der Waals surface area contributed by atoms with Crippen molar-refractivity contribution in [3.8, 4) is 0 Å². The maximum atomic E-state index is 13.0. The van der Waals surface area contributed by atoms with Gasteiger partial charge in [0.2, 0.25) is 0 Å². The van der Waals surface area contributed by atoms with Crippen LogP contribution in [0.5, 0.6) is 0 Å². The molecular weight excluding hydrogens is 161 g/mol. The van der Waals surface area contributed by atoms with Crippen LogP contribution in [0.2, 0.25) is 0 Å². The highest BCUT2D eigenvalue weighted by atomic mass is 32.1. The minimum Gasteiger partial charge on any atom is -0.206 e. The molecule has 0 radical (unpaired) electrons. The molecule has 1 aromatic carbocycles. The summed E-state index contributed by atoms with van der Waals surface area (Å²) in [6, 6.07) is 5.04. The van der Waals surface area contributed by atoms with Crippen molar-refractivity contribution >= 4 is 21.6 Å². The Labute approximate surface area is 67.6 Å². The quantitative estimate of drug-likeness (QED) is 0.588. The second-order valence-electron chi connectivity index (χ2n) is 2.38. The van der Waals surface area contributed by atoms with Crippen LogP contribution in [0, 0.1) is 12.7 Å². The number of hydrogen-bond donors (Lipinski definition) is 0. The molecule has 0 unspecified atom stereocenters. The van der Waals surface area contributed by atoms with Crippen LogP contribution in [0.15, 0.2) is 18.2 Å². The highest BCUT2D eigenvalue weighted by Crippen LogP contribution is 2.24. The predicted octanol–water partition coefficient (Wildman–Crippen LogP) is 2.74. The van der Waals surface area contributed by atoms with Gasteiger partial charge in [-0.1, -0.05) is 6.07 Å². The van der Waals surface area contributed by atoms with Crippen LogP contribution >= 0.6 is 11.5 Å². The van der Waals surface area contributed by atoms with Gasteiger partial charge in [0.05, 0.1) is 15.8 Å². The van der Waals surface area contributed by atoms with E-state index in [1.165, 1.54) is 17.6 Å². The molecule has 0 aliphatic carbocycles. The minimum absolute atomic E-state index is 0.172. The van der Waals surface area contributed by atoms with E-state index >= 15 is 0 Å². The molecule has 1 heterocycles. The minimum atomic E-state index is -0.172. The van der Waals surface area contributed by atoms with Crippen molar-refractivity contribution in [2.45, 2.75) is 6.92 Å². The van der Waals surface area contributed by atoms with Gasteiger partial charge >= 0.3 is 0 Å². The molecule has 0 spiro atoms. The SMILES string of the molecule is Cc1nsc2cccc(F)c12. The first-order chi connectivity index (χ1) is 5.29. The lowest BCUT2D eigenvalue weighted by Crippen LogP contribution is -1.76. The van der Waals surface area contributed by atoms with Crippen LogP contribution in [0.25, 0.3) is 10.1 Å². The van der Waals surface area contributed by atoms with E-state index in [4.69, 9.17) is 0 Å². The monoisotopic (exact) mass is 167 g/mol. The van der Waals surface area contributed by atoms with Gasteiger partial charge in [0, 0.05) is 0 Å². The first kappa shape index (κ1) is 6.73. The van der Waals surface area contributed by atoms with E-state index in [2.05, 4.69) is 4.37 Å². The molecule has 0 saturated heterocycles. The Morgan fingerprint density at radius 1 is 1.45 bits per heavy atom. The maximum Gasteiger partial charge on any atom is 0.133 e. The third-order valence-corrected chi connectivity index (χ3v) is 2.52. The molecule has 0 N–H and O–H groups in total. The Morgan fingerprint density at radius 3 is 3.00 bits per heavy atom. The van der Waals surface area contributed by atoms with Gasteiger partial charge in [-0.15, -0.1) is 0 Å². The molecule has 2 rings (SSSR count). The summed E-state index contributed by atoms with van der Waals surface area (Å²) in [7, 11) is 0. The van der Waals surface area contributed by atoms with E-state index < -0.39 is 0 Å². The molecule has 11 heavy (non-hydrogen) atoms. The molecule has 1 nitrogen and oxygen atoms in total. The maximum absolute atomic E-state index is 13.0. The molecule has 1 aromatic heterocycles. The first-order valence-electron chi connectivity index (χ1n) is 3.29. The van der Waals surface area contributed by atoms with Crippen LogP contribution < -0.4 is 0 Å². The van der Waals surface area contributed by atoms with Crippen LogP contribution in [0.4, 0.5) is 4.39 Å². The molecule has 3 heteroatoms. The standard InChI is InChI=1S/C8H6FNS/c1-5-8-6(9)3-2-4-7(8)11-10-5/h2-4H,1H3. The number of fused-ring (bicyclic) bond motifs is 1. The lowest BCUT2D eigenvalue weighted by molar-refractivity contribution is 0.639. The molecule has 0 aliphatic heterocycles. The fourth-order valence-electron chi connectivity index (χ4n) is 1.09. The molecule has 2 aromatic rings. The normalized spacial score (nSPS) is 10.7. The highest BCUT2D eigenvalue weighted by molar-refractivity contribution is 7.13. The van der Waals surface area contributed by atoms with Crippen LogP contribution in [0.1, 0.15) is 5.69 Å². The van der Waals surface area contributed by atoms with Crippen molar-refractivity contribution in [3.05, 3.63) is 29.7 Å². The average molecular weight is 167 g/mol. The van der Waals surface area contributed by atoms with E-state index in [9.17, 15) is 4.39 Å². The van der Waals surface area contributed by atoms with Crippen molar-refractivity contribution in [2.24, 2.45) is 0 Å². The van der Waals surface area contributed by atoms with Crippen LogP contribution in [0.3, 0.4) is 0 Å². The molecule has 0 fully saturated rings. The summed E-state index contributed by atoms with van der Waals surface area (Å²) in [5.41, 5.74) is 0.781. The third kappa shape index (κ3) is 0.922. The van der Waals surface area contributed by atoms with Gasteiger partial charge in [-0.05, 0) is 30.6 Å². The summed E-state index contributed by atoms with van der Waals surface area (Å²) in [4.78, 5) is 0. The van der Waals surface area contributed by atoms with E-state index in [-0.39, 0.29) is 5.82 Å². The van der Waals surface area contributed by atoms with E-state index in [0.717, 1.165) is 10.4 Å². The number of halogens is 1. The Kier molecular flexibility index (Phi) is 1.39. The summed E-state index contributed by atoms with van der Waals surface area (Å²) in [6.45, 7) is 1.82. The van der Waals surface area contributed by atoms with Crippen molar-refractivity contribution in [1.29, 1.82) is 0 Å². The topological polar surface area (TPSA) is 12.9 Å². The molecule has 0 aliphatic rings. The number of nitrogens with zero attached hydrogens (tertiary/aromatic N) is 1. The van der Waals surface area contributed by atoms with E-state index in [0.29, 0.717) is 5.39 Å². The summed E-state index contributed by atoms with van der Waals surface area (Å²) >= 11 is 1.34. The van der Waals surface area contributed by atoms with Crippen molar-refractivity contribution < 1.29 is 4.39 Å². The van der Waals surface area contributed by atoms with E-state index in [1.807, 2.05) is 13.0 Å². The van der Waals surface area contributed by atoms with Gasteiger partial charge in [-0.2, -0.15) is 4.37 Å². The van der Waals surface area contributed by atoms with Gasteiger partial charge in [0.1, 0.15) is 5.82 Å². The smallest absolute Gasteiger partial charge is 0.133 e. The number of aryl methyl sites for hydroxylation is 1. The van der Waals surface area contributed by atoms with Gasteiger partial charge in [0.15, 0.2) is 0 Å². The number of aromatic nitrogens is 1. The van der Waals surface area contributed by atoms with Gasteiger partial charge in [-0.3, -0.25) is 0 Å². The predicted molar refractivity (Wildman–Crippen MR) is 44.3 cm³/mol. The molecule has 0 bridgehead atoms. The van der Waals surface area contributed by atoms with E-state index in [1.54, 1.807) is 6.07 Å². The number of benzene rings is 1. The molecule has 0 atom stereocenters.